The van der Waals surface area contributed by atoms with Crippen LogP contribution in [0.25, 0.3) is 0 Å². The first kappa shape index (κ1) is 16.0. The Morgan fingerprint density at radius 2 is 2.10 bits per heavy atom. The van der Waals surface area contributed by atoms with Crippen LogP contribution in [-0.4, -0.2) is 37.0 Å². The molecule has 0 bridgehead atoms. The Balaban J connectivity index is 2.12. The molecule has 1 aliphatic heterocycles. The predicted molar refractivity (Wildman–Crippen MR) is 87.9 cm³/mol. The predicted octanol–water partition coefficient (Wildman–Crippen LogP) is 3.33. The third-order valence-corrected chi connectivity index (χ3v) is 4.69. The number of hydrogen-bond acceptors (Lipinski definition) is 2. The second kappa shape index (κ2) is 7.08. The van der Waals surface area contributed by atoms with E-state index in [2.05, 4.69) is 50.2 Å². The summed E-state index contributed by atoms with van der Waals surface area (Å²) in [5.74, 6) is 0.623. The smallest absolute Gasteiger partial charge is 0.251 e. The fraction of sp³-hybridized carbons (Fsp3) is 0.611. The fourth-order valence-electron chi connectivity index (χ4n) is 3.27. The molecule has 1 amide bonds. The Morgan fingerprint density at radius 1 is 1.38 bits per heavy atom. The zero-order valence-corrected chi connectivity index (χ0v) is 13.8. The molecule has 0 spiro atoms. The summed E-state index contributed by atoms with van der Waals surface area (Å²) in [6, 6.07) is 6.43. The number of rotatable bonds is 5. The Kier molecular flexibility index (Phi) is 5.40. The van der Waals surface area contributed by atoms with Crippen LogP contribution in [-0.2, 0) is 0 Å². The topological polar surface area (TPSA) is 32.3 Å². The summed E-state index contributed by atoms with van der Waals surface area (Å²) in [7, 11) is 2.10. The van der Waals surface area contributed by atoms with Crippen LogP contribution in [0, 0.1) is 6.92 Å². The summed E-state index contributed by atoms with van der Waals surface area (Å²) in [4.78, 5) is 14.7. The fourth-order valence-corrected chi connectivity index (χ4v) is 3.27. The van der Waals surface area contributed by atoms with Gasteiger partial charge in [-0.2, -0.15) is 0 Å². The zero-order chi connectivity index (χ0) is 15.4. The van der Waals surface area contributed by atoms with E-state index in [1.807, 2.05) is 6.07 Å². The van der Waals surface area contributed by atoms with Crippen molar-refractivity contribution < 1.29 is 4.79 Å². The summed E-state index contributed by atoms with van der Waals surface area (Å²) < 4.78 is 0. The minimum Gasteiger partial charge on any atom is -0.348 e. The van der Waals surface area contributed by atoms with Crippen molar-refractivity contribution in [3.63, 3.8) is 0 Å². The van der Waals surface area contributed by atoms with Gasteiger partial charge in [-0.05, 0) is 69.0 Å². The van der Waals surface area contributed by atoms with Crippen LogP contribution in [0.3, 0.4) is 0 Å². The van der Waals surface area contributed by atoms with Gasteiger partial charge < -0.3 is 10.2 Å². The molecule has 0 unspecified atom stereocenters. The highest BCUT2D eigenvalue weighted by atomic mass is 16.1. The van der Waals surface area contributed by atoms with Gasteiger partial charge in [0.2, 0.25) is 0 Å². The molecule has 0 aliphatic carbocycles. The van der Waals surface area contributed by atoms with Crippen molar-refractivity contribution in [2.75, 3.05) is 20.1 Å². The van der Waals surface area contributed by atoms with Crippen molar-refractivity contribution in [1.29, 1.82) is 0 Å². The number of aryl methyl sites for hydroxylation is 1. The van der Waals surface area contributed by atoms with Crippen LogP contribution in [0.4, 0.5) is 0 Å². The van der Waals surface area contributed by atoms with Crippen molar-refractivity contribution in [3.05, 3.63) is 34.9 Å². The molecule has 1 aromatic carbocycles. The normalized spacial score (nSPS) is 19.2. The van der Waals surface area contributed by atoms with E-state index in [0.29, 0.717) is 12.0 Å². The van der Waals surface area contributed by atoms with Gasteiger partial charge in [0.25, 0.3) is 5.91 Å². The molecular weight excluding hydrogens is 260 g/mol. The third kappa shape index (κ3) is 3.85. The highest BCUT2D eigenvalue weighted by Crippen LogP contribution is 2.27. The molecule has 3 heteroatoms. The highest BCUT2D eigenvalue weighted by Gasteiger charge is 2.22. The number of likely N-dealkylation sites (tertiary alicyclic amines) is 1. The molecular formula is C18H28N2O. The van der Waals surface area contributed by atoms with E-state index < -0.39 is 0 Å². The quantitative estimate of drug-likeness (QED) is 0.901. The molecule has 0 radical (unpaired) electrons. The number of hydrogen-bond donors (Lipinski definition) is 1. The third-order valence-electron chi connectivity index (χ3n) is 4.69. The molecule has 0 saturated carbocycles. The number of benzene rings is 1. The van der Waals surface area contributed by atoms with Crippen molar-refractivity contribution in [1.82, 2.24) is 10.2 Å². The van der Waals surface area contributed by atoms with Gasteiger partial charge in [0.05, 0.1) is 0 Å². The van der Waals surface area contributed by atoms with Crippen molar-refractivity contribution in [2.24, 2.45) is 0 Å². The molecule has 1 aromatic rings. The Hall–Kier alpha value is -1.35. The highest BCUT2D eigenvalue weighted by molar-refractivity contribution is 5.94. The molecule has 1 N–H and O–H groups in total. The van der Waals surface area contributed by atoms with Crippen LogP contribution in [0.5, 0.6) is 0 Å². The molecule has 3 nitrogen and oxygen atoms in total. The van der Waals surface area contributed by atoms with Gasteiger partial charge in [-0.25, -0.2) is 0 Å². The van der Waals surface area contributed by atoms with E-state index in [1.165, 1.54) is 11.1 Å². The van der Waals surface area contributed by atoms with Crippen LogP contribution in [0.2, 0.25) is 0 Å². The summed E-state index contributed by atoms with van der Waals surface area (Å²) in [6.07, 6.45) is 3.29. The lowest BCUT2D eigenvalue weighted by atomic mass is 9.89. The van der Waals surface area contributed by atoms with Gasteiger partial charge in [-0.3, -0.25) is 4.79 Å². The van der Waals surface area contributed by atoms with Crippen LogP contribution < -0.4 is 5.32 Å². The van der Waals surface area contributed by atoms with Crippen molar-refractivity contribution >= 4 is 5.91 Å². The maximum Gasteiger partial charge on any atom is 0.251 e. The van der Waals surface area contributed by atoms with Gasteiger partial charge in [-0.1, -0.05) is 19.9 Å². The van der Waals surface area contributed by atoms with Crippen LogP contribution in [0.1, 0.15) is 60.5 Å². The number of amides is 1. The first-order chi connectivity index (χ1) is 10.0. The number of nitrogens with one attached hydrogen (secondary N) is 1. The van der Waals surface area contributed by atoms with E-state index in [4.69, 9.17) is 0 Å². The maximum absolute atomic E-state index is 12.4. The lowest BCUT2D eigenvalue weighted by Gasteiger charge is -2.18. The van der Waals surface area contributed by atoms with Gasteiger partial charge in [0, 0.05) is 18.2 Å². The summed E-state index contributed by atoms with van der Waals surface area (Å²) >= 11 is 0. The Morgan fingerprint density at radius 3 is 2.67 bits per heavy atom. The van der Waals surface area contributed by atoms with Crippen molar-refractivity contribution in [2.45, 2.75) is 52.0 Å². The van der Waals surface area contributed by atoms with Gasteiger partial charge in [0.1, 0.15) is 0 Å². The average molecular weight is 288 g/mol. The molecule has 1 fully saturated rings. The van der Waals surface area contributed by atoms with Gasteiger partial charge in [0.15, 0.2) is 0 Å². The zero-order valence-electron chi connectivity index (χ0n) is 13.8. The lowest BCUT2D eigenvalue weighted by Crippen LogP contribution is -2.36. The summed E-state index contributed by atoms with van der Waals surface area (Å²) in [5.41, 5.74) is 3.43. The van der Waals surface area contributed by atoms with E-state index in [0.717, 1.165) is 37.9 Å². The average Bonchev–Trinajstić information content (AvgIpc) is 2.87. The monoisotopic (exact) mass is 288 g/mol. The van der Waals surface area contributed by atoms with Crippen molar-refractivity contribution in [3.8, 4) is 0 Å². The standard InChI is InChI=1S/C18H28N2O/c1-5-14(6-2)17-11-15(8-7-13(17)3)18(21)19-16-9-10-20(4)12-16/h7-8,11,14,16H,5-6,9-10,12H2,1-4H3,(H,19,21)/t16-/m0/s1. The first-order valence-corrected chi connectivity index (χ1v) is 8.15. The minimum atomic E-state index is 0.0718. The maximum atomic E-state index is 12.4. The van der Waals surface area contributed by atoms with Gasteiger partial charge >= 0.3 is 0 Å². The SMILES string of the molecule is CCC(CC)c1cc(C(=O)N[C@H]2CCN(C)C2)ccc1C. The number of carbonyl (C=O) groups is 1. The number of carbonyl (C=O) groups excluding carboxylic acids is 1. The van der Waals surface area contributed by atoms with E-state index >= 15 is 0 Å². The van der Waals surface area contributed by atoms with Gasteiger partial charge in [-0.15, -0.1) is 0 Å². The molecule has 1 saturated heterocycles. The molecule has 2 rings (SSSR count). The minimum absolute atomic E-state index is 0.0718. The van der Waals surface area contributed by atoms with E-state index in [9.17, 15) is 4.79 Å². The lowest BCUT2D eigenvalue weighted by molar-refractivity contribution is 0.0938. The summed E-state index contributed by atoms with van der Waals surface area (Å²) in [6.45, 7) is 8.60. The molecule has 1 heterocycles. The Bertz CT molecular complexity index is 494. The summed E-state index contributed by atoms with van der Waals surface area (Å²) in [5, 5.41) is 3.17. The van der Waals surface area contributed by atoms with Crippen LogP contribution >= 0.6 is 0 Å². The number of nitrogens with zero attached hydrogens (tertiary/aromatic N) is 1. The number of likely N-dealkylation sites (N-methyl/N-ethyl adjacent to an activating group) is 1. The second-order valence-electron chi connectivity index (χ2n) is 6.31. The molecule has 21 heavy (non-hydrogen) atoms. The molecule has 116 valence electrons. The van der Waals surface area contributed by atoms with Crippen LogP contribution in [0.15, 0.2) is 18.2 Å². The van der Waals surface area contributed by atoms with E-state index in [-0.39, 0.29) is 5.91 Å². The molecule has 1 aliphatic rings. The van der Waals surface area contributed by atoms with E-state index in [1.54, 1.807) is 0 Å². The first-order valence-electron chi connectivity index (χ1n) is 8.15. The second-order valence-corrected chi connectivity index (χ2v) is 6.31. The molecule has 1 atom stereocenters. The largest absolute Gasteiger partial charge is 0.348 e. The molecule has 0 aromatic heterocycles. The Labute approximate surface area is 128 Å².